The highest BCUT2D eigenvalue weighted by Gasteiger charge is 2.48. The van der Waals surface area contributed by atoms with Crippen LogP contribution >= 0.6 is 0 Å². The second-order valence-corrected chi connectivity index (χ2v) is 11.5. The average molecular weight is 553 g/mol. The van der Waals surface area contributed by atoms with Crippen LogP contribution in [0.15, 0.2) is 43.1 Å². The number of nitrogens with one attached hydrogen (secondary N) is 1. The third-order valence-electron chi connectivity index (χ3n) is 8.77. The molecule has 6 rings (SSSR count). The molecule has 0 saturated carbocycles. The van der Waals surface area contributed by atoms with Crippen LogP contribution in [0.4, 0.5) is 10.1 Å². The monoisotopic (exact) mass is 552 g/mol. The summed E-state index contributed by atoms with van der Waals surface area (Å²) >= 11 is 0. The zero-order valence-corrected chi connectivity index (χ0v) is 23.5. The van der Waals surface area contributed by atoms with Gasteiger partial charge < -0.3 is 9.88 Å². The molecule has 5 heterocycles. The number of hydrogen-bond acceptors (Lipinski definition) is 8. The highest BCUT2D eigenvalue weighted by atomic mass is 19.1. The molecule has 0 radical (unpaired) electrons. The SMILES string of the molecule is CC1CC(N2CC(CC#N)(n3cc(-c4ncnc5[nH]ccc45)cn3)C2)CCN1Cc1ccc(N(C)C)c(C#N)c1F. The van der Waals surface area contributed by atoms with E-state index in [0.29, 0.717) is 30.3 Å². The van der Waals surface area contributed by atoms with Gasteiger partial charge in [-0.2, -0.15) is 15.6 Å². The lowest BCUT2D eigenvalue weighted by Gasteiger charge is -2.54. The minimum Gasteiger partial charge on any atom is -0.377 e. The number of aromatic amines is 1. The quantitative estimate of drug-likeness (QED) is 0.367. The first-order valence-electron chi connectivity index (χ1n) is 13.9. The number of piperidine rings is 1. The number of aromatic nitrogens is 5. The summed E-state index contributed by atoms with van der Waals surface area (Å²) in [5, 5.41) is 24.9. The maximum atomic E-state index is 15.2. The fraction of sp³-hybridized carbons (Fsp3) is 0.433. The largest absolute Gasteiger partial charge is 0.377 e. The average Bonchev–Trinajstić information content (AvgIpc) is 3.63. The van der Waals surface area contributed by atoms with Gasteiger partial charge in [0.05, 0.1) is 30.1 Å². The van der Waals surface area contributed by atoms with E-state index in [2.05, 4.69) is 42.8 Å². The van der Waals surface area contributed by atoms with Crippen molar-refractivity contribution in [2.24, 2.45) is 0 Å². The summed E-state index contributed by atoms with van der Waals surface area (Å²) in [6, 6.07) is 10.7. The van der Waals surface area contributed by atoms with E-state index in [9.17, 15) is 10.5 Å². The van der Waals surface area contributed by atoms with Gasteiger partial charge in [0.25, 0.3) is 0 Å². The van der Waals surface area contributed by atoms with Gasteiger partial charge in [0, 0.05) is 81.3 Å². The van der Waals surface area contributed by atoms with Crippen molar-refractivity contribution in [3.8, 4) is 23.4 Å². The number of benzene rings is 1. The molecule has 0 spiro atoms. The Morgan fingerprint density at radius 3 is 2.76 bits per heavy atom. The summed E-state index contributed by atoms with van der Waals surface area (Å²) in [6.45, 7) is 5.03. The lowest BCUT2D eigenvalue weighted by atomic mass is 9.83. The van der Waals surface area contributed by atoms with Crippen molar-refractivity contribution in [1.82, 2.24) is 34.5 Å². The molecule has 2 unspecified atom stereocenters. The standard InChI is InChI=1S/C30H33FN10/c1-20-12-23(7-11-39(20)15-21-4-5-26(38(2)3)25(13-33)27(21)31)40-17-30(18-40,8-9-32)41-16-22(14-37-41)28-24-6-10-34-29(24)36-19-35-28/h4-6,10,14,16,19-20,23H,7-8,11-12,15,17-18H2,1-3H3,(H,34,35,36). The summed E-state index contributed by atoms with van der Waals surface area (Å²) in [5.41, 5.74) is 3.39. The van der Waals surface area contributed by atoms with Crippen molar-refractivity contribution in [3.63, 3.8) is 0 Å². The molecule has 3 aromatic heterocycles. The van der Waals surface area contributed by atoms with Crippen LogP contribution in [-0.2, 0) is 12.1 Å². The first kappa shape index (κ1) is 26.9. The molecular formula is C30H33FN10. The van der Waals surface area contributed by atoms with Crippen molar-refractivity contribution in [3.05, 3.63) is 60.1 Å². The number of fused-ring (bicyclic) bond motifs is 1. The lowest BCUT2D eigenvalue weighted by Crippen LogP contribution is -2.66. The van der Waals surface area contributed by atoms with E-state index in [0.717, 1.165) is 54.8 Å². The minimum absolute atomic E-state index is 0.100. The van der Waals surface area contributed by atoms with Gasteiger partial charge in [-0.05, 0) is 31.9 Å². The van der Waals surface area contributed by atoms with E-state index in [1.165, 1.54) is 0 Å². The van der Waals surface area contributed by atoms with Crippen LogP contribution in [0.25, 0.3) is 22.3 Å². The number of H-pyrrole nitrogens is 1. The normalized spacial score (nSPS) is 20.8. The molecule has 11 heteroatoms. The maximum Gasteiger partial charge on any atom is 0.147 e. The van der Waals surface area contributed by atoms with Gasteiger partial charge in [-0.3, -0.25) is 14.5 Å². The fourth-order valence-corrected chi connectivity index (χ4v) is 6.45. The van der Waals surface area contributed by atoms with Gasteiger partial charge >= 0.3 is 0 Å². The molecule has 1 aromatic carbocycles. The number of anilines is 1. The molecule has 2 aliphatic heterocycles. The predicted molar refractivity (Wildman–Crippen MR) is 153 cm³/mol. The fourth-order valence-electron chi connectivity index (χ4n) is 6.45. The topological polar surface area (TPSA) is 117 Å². The summed E-state index contributed by atoms with van der Waals surface area (Å²) in [5.74, 6) is -0.421. The first-order chi connectivity index (χ1) is 19.8. The molecule has 2 saturated heterocycles. The molecule has 2 aliphatic rings. The van der Waals surface area contributed by atoms with Crippen molar-refractivity contribution < 1.29 is 4.39 Å². The Morgan fingerprint density at radius 1 is 1.20 bits per heavy atom. The Balaban J connectivity index is 1.12. The van der Waals surface area contributed by atoms with Crippen LogP contribution in [0.1, 0.15) is 37.3 Å². The van der Waals surface area contributed by atoms with Crippen LogP contribution in [0, 0.1) is 28.5 Å². The molecule has 2 fully saturated rings. The number of nitriles is 2. The lowest BCUT2D eigenvalue weighted by molar-refractivity contribution is -0.0520. The van der Waals surface area contributed by atoms with E-state index in [-0.39, 0.29) is 17.1 Å². The van der Waals surface area contributed by atoms with Crippen molar-refractivity contribution >= 4 is 16.7 Å². The number of nitrogens with zero attached hydrogens (tertiary/aromatic N) is 9. The van der Waals surface area contributed by atoms with Crippen LogP contribution in [-0.4, -0.2) is 80.3 Å². The molecule has 210 valence electrons. The van der Waals surface area contributed by atoms with Gasteiger partial charge in [0.1, 0.15) is 35.0 Å². The number of rotatable bonds is 7. The molecule has 10 nitrogen and oxygen atoms in total. The molecule has 4 aromatic rings. The Morgan fingerprint density at radius 2 is 2.02 bits per heavy atom. The van der Waals surface area contributed by atoms with Crippen LogP contribution in [0.5, 0.6) is 0 Å². The molecule has 1 N–H and O–H groups in total. The summed E-state index contributed by atoms with van der Waals surface area (Å²) < 4.78 is 17.2. The van der Waals surface area contributed by atoms with Crippen molar-refractivity contribution in [2.75, 3.05) is 38.6 Å². The van der Waals surface area contributed by atoms with E-state index >= 15 is 4.39 Å². The minimum atomic E-state index is -0.421. The Kier molecular flexibility index (Phi) is 6.94. The summed E-state index contributed by atoms with van der Waals surface area (Å²) in [4.78, 5) is 18.4. The Labute approximate surface area is 238 Å². The van der Waals surface area contributed by atoms with E-state index < -0.39 is 5.82 Å². The third-order valence-corrected chi connectivity index (χ3v) is 8.77. The van der Waals surface area contributed by atoms with Gasteiger partial charge in [-0.1, -0.05) is 6.07 Å². The third kappa shape index (κ3) is 4.71. The molecular weight excluding hydrogens is 519 g/mol. The zero-order valence-electron chi connectivity index (χ0n) is 23.5. The summed E-state index contributed by atoms with van der Waals surface area (Å²) in [6.07, 6.45) is 9.52. The Bertz CT molecular complexity index is 1650. The second-order valence-electron chi connectivity index (χ2n) is 11.5. The van der Waals surface area contributed by atoms with Gasteiger partial charge in [0.2, 0.25) is 0 Å². The van der Waals surface area contributed by atoms with Crippen LogP contribution in [0.2, 0.25) is 0 Å². The highest BCUT2D eigenvalue weighted by molar-refractivity contribution is 5.90. The number of likely N-dealkylation sites (tertiary alicyclic amines) is 2. The van der Waals surface area contributed by atoms with E-state index in [4.69, 9.17) is 0 Å². The first-order valence-corrected chi connectivity index (χ1v) is 13.9. The number of halogens is 1. The van der Waals surface area contributed by atoms with Gasteiger partial charge in [-0.15, -0.1) is 0 Å². The van der Waals surface area contributed by atoms with E-state index in [1.807, 2.05) is 55.6 Å². The summed E-state index contributed by atoms with van der Waals surface area (Å²) in [7, 11) is 3.63. The molecule has 41 heavy (non-hydrogen) atoms. The van der Waals surface area contributed by atoms with Gasteiger partial charge in [0.15, 0.2) is 0 Å². The zero-order chi connectivity index (χ0) is 28.7. The van der Waals surface area contributed by atoms with Crippen LogP contribution in [0.3, 0.4) is 0 Å². The van der Waals surface area contributed by atoms with E-state index in [1.54, 1.807) is 17.3 Å². The van der Waals surface area contributed by atoms with Crippen molar-refractivity contribution in [1.29, 1.82) is 10.5 Å². The van der Waals surface area contributed by atoms with Crippen LogP contribution < -0.4 is 4.90 Å². The molecule has 2 atom stereocenters. The highest BCUT2D eigenvalue weighted by Crippen LogP contribution is 2.38. The number of hydrogen-bond donors (Lipinski definition) is 1. The maximum absolute atomic E-state index is 15.2. The van der Waals surface area contributed by atoms with Crippen molar-refractivity contribution in [2.45, 2.75) is 50.4 Å². The molecule has 0 bridgehead atoms. The second kappa shape index (κ2) is 10.6. The molecule has 0 aliphatic carbocycles. The Hall–Kier alpha value is -4.32. The predicted octanol–water partition coefficient (Wildman–Crippen LogP) is 3.88. The smallest absolute Gasteiger partial charge is 0.147 e. The van der Waals surface area contributed by atoms with Gasteiger partial charge in [-0.25, -0.2) is 14.4 Å². The molecule has 0 amide bonds.